The van der Waals surface area contributed by atoms with E-state index in [9.17, 15) is 13.6 Å². The van der Waals surface area contributed by atoms with Crippen LogP contribution in [0.15, 0.2) is 30.9 Å². The average Bonchev–Trinajstić information content (AvgIpc) is 2.93. The number of hydrogen-bond donors (Lipinski definition) is 0. The second kappa shape index (κ2) is 6.13. The second-order valence-electron chi connectivity index (χ2n) is 4.40. The summed E-state index contributed by atoms with van der Waals surface area (Å²) in [6, 6.07) is 1.60. The number of nitrogens with zero attached hydrogens (tertiary/aromatic N) is 4. The topological polar surface area (TPSA) is 51.0 Å². The van der Waals surface area contributed by atoms with Gasteiger partial charge in [-0.3, -0.25) is 9.78 Å². The quantitative estimate of drug-likeness (QED) is 0.792. The van der Waals surface area contributed by atoms with Crippen LogP contribution in [0.2, 0.25) is 0 Å². The van der Waals surface area contributed by atoms with E-state index < -0.39 is 6.55 Å². The maximum absolute atomic E-state index is 12.4. The lowest BCUT2D eigenvalue weighted by atomic mass is 10.2. The van der Waals surface area contributed by atoms with Gasteiger partial charge in [0.1, 0.15) is 0 Å². The zero-order chi connectivity index (χ0) is 15.4. The van der Waals surface area contributed by atoms with Gasteiger partial charge in [0.15, 0.2) is 0 Å². The molecule has 21 heavy (non-hydrogen) atoms. The van der Waals surface area contributed by atoms with Crippen molar-refractivity contribution in [3.05, 3.63) is 47.5 Å². The Labute approximate surface area is 120 Å². The van der Waals surface area contributed by atoms with Gasteiger partial charge in [-0.25, -0.2) is 4.68 Å². The third-order valence-corrected chi connectivity index (χ3v) is 2.54. The van der Waals surface area contributed by atoms with Crippen molar-refractivity contribution in [2.75, 3.05) is 14.1 Å². The number of carbonyl (C=O) groups excluding carboxylic acids is 1. The maximum atomic E-state index is 12.4. The van der Waals surface area contributed by atoms with E-state index in [1.807, 2.05) is 0 Å². The molecule has 108 valence electrons. The first-order valence-electron chi connectivity index (χ1n) is 5.98. The van der Waals surface area contributed by atoms with Crippen LogP contribution >= 0.6 is 0 Å². The predicted molar refractivity (Wildman–Crippen MR) is 71.7 cm³/mol. The molecule has 0 aliphatic carbocycles. The standard InChI is InChI=1S/C14H12F2N4O/c1-19(2)13(21)12-5-10(6-17-8-12)3-4-11-7-18-20(9-11)14(15)16/h5-9,14H,1-2H3. The molecule has 2 rings (SSSR count). The Morgan fingerprint density at radius 1 is 1.24 bits per heavy atom. The van der Waals surface area contributed by atoms with Crippen LogP contribution in [0.5, 0.6) is 0 Å². The molecule has 1 amide bonds. The molecule has 0 aliphatic rings. The highest BCUT2D eigenvalue weighted by atomic mass is 19.3. The van der Waals surface area contributed by atoms with Crippen molar-refractivity contribution in [1.29, 1.82) is 0 Å². The van der Waals surface area contributed by atoms with E-state index in [-0.39, 0.29) is 5.91 Å². The van der Waals surface area contributed by atoms with Gasteiger partial charge in [-0.15, -0.1) is 0 Å². The van der Waals surface area contributed by atoms with Gasteiger partial charge >= 0.3 is 6.55 Å². The molecule has 5 nitrogen and oxygen atoms in total. The summed E-state index contributed by atoms with van der Waals surface area (Å²) in [6.07, 6.45) is 5.35. The highest BCUT2D eigenvalue weighted by Gasteiger charge is 2.08. The minimum absolute atomic E-state index is 0.184. The van der Waals surface area contributed by atoms with Crippen molar-refractivity contribution < 1.29 is 13.6 Å². The summed E-state index contributed by atoms with van der Waals surface area (Å²) >= 11 is 0. The first-order chi connectivity index (χ1) is 9.97. The molecule has 0 spiro atoms. The third-order valence-electron chi connectivity index (χ3n) is 2.54. The molecule has 0 radical (unpaired) electrons. The Balaban J connectivity index is 2.22. The number of hydrogen-bond acceptors (Lipinski definition) is 3. The molecule has 0 aromatic carbocycles. The van der Waals surface area contributed by atoms with Crippen LogP contribution in [0.25, 0.3) is 0 Å². The van der Waals surface area contributed by atoms with E-state index in [4.69, 9.17) is 0 Å². The van der Waals surface area contributed by atoms with Gasteiger partial charge in [-0.05, 0) is 6.07 Å². The molecule has 0 fully saturated rings. The van der Waals surface area contributed by atoms with E-state index in [1.165, 1.54) is 23.5 Å². The Kier molecular flexibility index (Phi) is 4.28. The van der Waals surface area contributed by atoms with Crippen molar-refractivity contribution in [2.45, 2.75) is 6.55 Å². The molecular formula is C14H12F2N4O. The molecule has 0 N–H and O–H groups in total. The minimum atomic E-state index is -2.69. The molecule has 7 heteroatoms. The van der Waals surface area contributed by atoms with E-state index in [0.717, 1.165) is 6.20 Å². The van der Waals surface area contributed by atoms with Gasteiger partial charge in [0.2, 0.25) is 0 Å². The van der Waals surface area contributed by atoms with Crippen LogP contribution in [-0.2, 0) is 0 Å². The zero-order valence-corrected chi connectivity index (χ0v) is 11.4. The Bertz CT molecular complexity index is 713. The van der Waals surface area contributed by atoms with Crippen molar-refractivity contribution in [3.8, 4) is 11.8 Å². The molecule has 0 atom stereocenters. The van der Waals surface area contributed by atoms with Gasteiger partial charge in [-0.1, -0.05) is 11.8 Å². The van der Waals surface area contributed by atoms with Crippen LogP contribution in [-0.4, -0.2) is 39.7 Å². The minimum Gasteiger partial charge on any atom is -0.345 e. The van der Waals surface area contributed by atoms with E-state index in [2.05, 4.69) is 21.9 Å². The van der Waals surface area contributed by atoms with Crippen LogP contribution in [0.3, 0.4) is 0 Å². The molecule has 0 bridgehead atoms. The summed E-state index contributed by atoms with van der Waals surface area (Å²) in [5.41, 5.74) is 1.29. The number of alkyl halides is 2. The van der Waals surface area contributed by atoms with Crippen LogP contribution in [0.4, 0.5) is 8.78 Å². The van der Waals surface area contributed by atoms with Gasteiger partial charge in [0.25, 0.3) is 5.91 Å². The predicted octanol–water partition coefficient (Wildman–Crippen LogP) is 1.77. The molecule has 0 unspecified atom stereocenters. The van der Waals surface area contributed by atoms with Gasteiger partial charge in [0.05, 0.1) is 17.3 Å². The molecule has 0 aliphatic heterocycles. The Morgan fingerprint density at radius 2 is 1.95 bits per heavy atom. The summed E-state index contributed by atoms with van der Waals surface area (Å²) < 4.78 is 25.2. The fraction of sp³-hybridized carbons (Fsp3) is 0.214. The second-order valence-corrected chi connectivity index (χ2v) is 4.40. The van der Waals surface area contributed by atoms with Gasteiger partial charge < -0.3 is 4.90 Å². The van der Waals surface area contributed by atoms with Crippen molar-refractivity contribution in [1.82, 2.24) is 19.7 Å². The maximum Gasteiger partial charge on any atom is 0.333 e. The van der Waals surface area contributed by atoms with Gasteiger partial charge in [0, 0.05) is 38.2 Å². The van der Waals surface area contributed by atoms with Crippen molar-refractivity contribution in [2.24, 2.45) is 0 Å². The third kappa shape index (κ3) is 3.63. The van der Waals surface area contributed by atoms with Crippen LogP contribution < -0.4 is 0 Å². The highest BCUT2D eigenvalue weighted by Crippen LogP contribution is 2.09. The molecule has 2 heterocycles. The summed E-state index contributed by atoms with van der Waals surface area (Å²) in [6.45, 7) is -2.69. The fourth-order valence-electron chi connectivity index (χ4n) is 1.54. The molecular weight excluding hydrogens is 278 g/mol. The normalized spacial score (nSPS) is 10.1. The number of halogens is 2. The number of rotatable bonds is 2. The van der Waals surface area contributed by atoms with Crippen LogP contribution in [0, 0.1) is 11.8 Å². The first kappa shape index (κ1) is 14.7. The number of pyridine rings is 1. The lowest BCUT2D eigenvalue weighted by Gasteiger charge is -2.09. The average molecular weight is 290 g/mol. The van der Waals surface area contributed by atoms with Crippen LogP contribution in [0.1, 0.15) is 28.0 Å². The smallest absolute Gasteiger partial charge is 0.333 e. The van der Waals surface area contributed by atoms with Gasteiger partial charge in [-0.2, -0.15) is 13.9 Å². The molecule has 2 aromatic rings. The van der Waals surface area contributed by atoms with E-state index in [0.29, 0.717) is 21.4 Å². The van der Waals surface area contributed by atoms with Crippen molar-refractivity contribution in [3.63, 3.8) is 0 Å². The summed E-state index contributed by atoms with van der Waals surface area (Å²) in [5.74, 6) is 5.28. The fourth-order valence-corrected chi connectivity index (χ4v) is 1.54. The lowest BCUT2D eigenvalue weighted by molar-refractivity contribution is 0.0566. The number of carbonyl (C=O) groups is 1. The number of amides is 1. The first-order valence-corrected chi connectivity index (χ1v) is 5.98. The van der Waals surface area contributed by atoms with E-state index >= 15 is 0 Å². The largest absolute Gasteiger partial charge is 0.345 e. The zero-order valence-electron chi connectivity index (χ0n) is 11.4. The summed E-state index contributed by atoms with van der Waals surface area (Å²) in [5, 5.41) is 3.48. The summed E-state index contributed by atoms with van der Waals surface area (Å²) in [4.78, 5) is 17.2. The Hall–Kier alpha value is -2.75. The summed E-state index contributed by atoms with van der Waals surface area (Å²) in [7, 11) is 3.28. The van der Waals surface area contributed by atoms with Crippen molar-refractivity contribution >= 4 is 5.91 Å². The molecule has 0 saturated heterocycles. The molecule has 0 saturated carbocycles. The monoisotopic (exact) mass is 290 g/mol. The SMILES string of the molecule is CN(C)C(=O)c1cncc(C#Cc2cnn(C(F)F)c2)c1. The molecule has 2 aromatic heterocycles. The lowest BCUT2D eigenvalue weighted by Crippen LogP contribution is -2.21. The number of aromatic nitrogens is 3. The highest BCUT2D eigenvalue weighted by molar-refractivity contribution is 5.93. The van der Waals surface area contributed by atoms with E-state index in [1.54, 1.807) is 20.2 Å². The Morgan fingerprint density at radius 3 is 2.57 bits per heavy atom.